The average molecular weight is 470 g/mol. The van der Waals surface area contributed by atoms with Crippen molar-refractivity contribution in [2.45, 2.75) is 57.8 Å². The quantitative estimate of drug-likeness (QED) is 0.730. The summed E-state index contributed by atoms with van der Waals surface area (Å²) in [7, 11) is 0. The highest BCUT2D eigenvalue weighted by atomic mass is 32.1. The van der Waals surface area contributed by atoms with E-state index in [1.54, 1.807) is 28.4 Å². The third-order valence-electron chi connectivity index (χ3n) is 6.31. The zero-order chi connectivity index (χ0) is 23.6. The molecule has 3 heterocycles. The highest BCUT2D eigenvalue weighted by molar-refractivity contribution is 7.10. The van der Waals surface area contributed by atoms with Gasteiger partial charge in [0.1, 0.15) is 11.8 Å². The summed E-state index contributed by atoms with van der Waals surface area (Å²) in [6.45, 7) is 6.89. The molecule has 8 heteroatoms. The summed E-state index contributed by atoms with van der Waals surface area (Å²) in [5.41, 5.74) is 0.704. The lowest BCUT2D eigenvalue weighted by Gasteiger charge is -2.44. The van der Waals surface area contributed by atoms with Crippen LogP contribution in [0.4, 0.5) is 0 Å². The summed E-state index contributed by atoms with van der Waals surface area (Å²) in [5, 5.41) is 4.90. The van der Waals surface area contributed by atoms with Crippen molar-refractivity contribution in [3.63, 3.8) is 0 Å². The van der Waals surface area contributed by atoms with Crippen LogP contribution >= 0.6 is 11.3 Å². The third kappa shape index (κ3) is 4.96. The summed E-state index contributed by atoms with van der Waals surface area (Å²) < 4.78 is 6.22. The van der Waals surface area contributed by atoms with Gasteiger partial charge >= 0.3 is 0 Å². The minimum atomic E-state index is -0.888. The number of ether oxygens (including phenoxy) is 1. The van der Waals surface area contributed by atoms with Gasteiger partial charge in [-0.05, 0) is 44.4 Å². The predicted molar refractivity (Wildman–Crippen MR) is 127 cm³/mol. The normalized spacial score (nSPS) is 19.8. The maximum atomic E-state index is 13.6. The molecule has 2 fully saturated rings. The van der Waals surface area contributed by atoms with Crippen LogP contribution in [0.25, 0.3) is 0 Å². The Morgan fingerprint density at radius 3 is 2.45 bits per heavy atom. The van der Waals surface area contributed by atoms with Gasteiger partial charge in [-0.3, -0.25) is 19.3 Å². The molecule has 0 bridgehead atoms. The molecule has 1 atom stereocenters. The first kappa shape index (κ1) is 23.4. The highest BCUT2D eigenvalue weighted by Gasteiger charge is 2.54. The fourth-order valence-electron chi connectivity index (χ4n) is 4.56. The maximum Gasteiger partial charge on any atom is 0.256 e. The van der Waals surface area contributed by atoms with Crippen molar-refractivity contribution in [1.82, 2.24) is 15.1 Å². The Morgan fingerprint density at radius 2 is 1.85 bits per heavy atom. The number of rotatable bonds is 5. The van der Waals surface area contributed by atoms with Gasteiger partial charge in [0, 0.05) is 42.4 Å². The summed E-state index contributed by atoms with van der Waals surface area (Å²) in [5.74, 6) is -0.343. The van der Waals surface area contributed by atoms with Crippen molar-refractivity contribution in [3.05, 3.63) is 57.8 Å². The molecule has 2 aliphatic heterocycles. The Kier molecular flexibility index (Phi) is 6.86. The molecular weight excluding hydrogens is 438 g/mol. The molecule has 2 aromatic rings. The summed E-state index contributed by atoms with van der Waals surface area (Å²) in [6.07, 6.45) is 1.34. The van der Waals surface area contributed by atoms with Gasteiger partial charge in [-0.25, -0.2) is 0 Å². The Balaban J connectivity index is 1.54. The molecule has 0 radical (unpaired) electrons. The molecule has 0 saturated carbocycles. The van der Waals surface area contributed by atoms with Crippen molar-refractivity contribution in [2.24, 2.45) is 0 Å². The number of hydrogen-bond donors (Lipinski definition) is 1. The minimum absolute atomic E-state index is 0.0397. The Labute approximate surface area is 198 Å². The fraction of sp³-hybridized carbons (Fsp3) is 0.480. The lowest BCUT2D eigenvalue weighted by molar-refractivity contribution is -0.143. The first-order valence-corrected chi connectivity index (χ1v) is 12.3. The number of amides is 3. The van der Waals surface area contributed by atoms with E-state index in [-0.39, 0.29) is 30.4 Å². The highest BCUT2D eigenvalue weighted by Crippen LogP contribution is 2.38. The fourth-order valence-corrected chi connectivity index (χ4v) is 5.26. The smallest absolute Gasteiger partial charge is 0.256 e. The maximum absolute atomic E-state index is 13.6. The van der Waals surface area contributed by atoms with Crippen LogP contribution in [0.1, 0.15) is 47.5 Å². The number of aryl methyl sites for hydroxylation is 1. The SMILES string of the molecule is Cc1ccc(C(=O)N2[C@H](C(=O)NC(C)C)COC23CCN(C(=O)Cc2cccs2)CC3)cc1. The molecule has 4 rings (SSSR count). The van der Waals surface area contributed by atoms with Crippen LogP contribution in [-0.4, -0.2) is 65.0 Å². The lowest BCUT2D eigenvalue weighted by Crippen LogP contribution is -2.60. The average Bonchev–Trinajstić information content (AvgIpc) is 3.42. The molecule has 1 aromatic carbocycles. The number of carbonyl (C=O) groups is 3. The van der Waals surface area contributed by atoms with Crippen molar-refractivity contribution in [1.29, 1.82) is 0 Å². The van der Waals surface area contributed by atoms with Crippen molar-refractivity contribution in [3.8, 4) is 0 Å². The van der Waals surface area contributed by atoms with E-state index in [0.717, 1.165) is 10.4 Å². The Bertz CT molecular complexity index is 995. The van der Waals surface area contributed by atoms with E-state index in [2.05, 4.69) is 5.32 Å². The number of nitrogens with zero attached hydrogens (tertiary/aromatic N) is 2. The lowest BCUT2D eigenvalue weighted by atomic mass is 9.96. The van der Waals surface area contributed by atoms with E-state index in [9.17, 15) is 14.4 Å². The number of carbonyl (C=O) groups excluding carboxylic acids is 3. The van der Waals surface area contributed by atoms with Crippen LogP contribution < -0.4 is 5.32 Å². The largest absolute Gasteiger partial charge is 0.353 e. The molecule has 0 unspecified atom stereocenters. The molecule has 1 aromatic heterocycles. The topological polar surface area (TPSA) is 79.0 Å². The van der Waals surface area contributed by atoms with Gasteiger partial charge < -0.3 is 15.0 Å². The Morgan fingerprint density at radius 1 is 1.15 bits per heavy atom. The number of hydrogen-bond acceptors (Lipinski definition) is 5. The third-order valence-corrected chi connectivity index (χ3v) is 7.19. The van der Waals surface area contributed by atoms with E-state index < -0.39 is 11.8 Å². The number of piperidine rings is 1. The minimum Gasteiger partial charge on any atom is -0.353 e. The van der Waals surface area contributed by atoms with Crippen LogP contribution in [0.5, 0.6) is 0 Å². The molecule has 1 spiro atoms. The number of nitrogens with one attached hydrogen (secondary N) is 1. The van der Waals surface area contributed by atoms with Crippen molar-refractivity contribution >= 4 is 29.1 Å². The number of thiophene rings is 1. The van der Waals surface area contributed by atoms with Gasteiger partial charge in [0.15, 0.2) is 0 Å². The zero-order valence-corrected chi connectivity index (χ0v) is 20.2. The van der Waals surface area contributed by atoms with Gasteiger partial charge in [-0.1, -0.05) is 23.8 Å². The van der Waals surface area contributed by atoms with Crippen LogP contribution in [0.15, 0.2) is 41.8 Å². The molecule has 7 nitrogen and oxygen atoms in total. The van der Waals surface area contributed by atoms with Crippen LogP contribution in [0, 0.1) is 6.92 Å². The molecule has 3 amide bonds. The van der Waals surface area contributed by atoms with Gasteiger partial charge in [-0.2, -0.15) is 0 Å². The molecule has 0 aliphatic carbocycles. The second-order valence-corrected chi connectivity index (χ2v) is 10.1. The van der Waals surface area contributed by atoms with E-state index in [1.807, 2.05) is 55.3 Å². The van der Waals surface area contributed by atoms with Gasteiger partial charge in [-0.15, -0.1) is 11.3 Å². The van der Waals surface area contributed by atoms with E-state index >= 15 is 0 Å². The van der Waals surface area contributed by atoms with Crippen LogP contribution in [-0.2, 0) is 20.7 Å². The van der Waals surface area contributed by atoms with Crippen molar-refractivity contribution < 1.29 is 19.1 Å². The summed E-state index contributed by atoms with van der Waals surface area (Å²) in [6, 6.07) is 10.5. The van der Waals surface area contributed by atoms with Crippen LogP contribution in [0.2, 0.25) is 0 Å². The monoisotopic (exact) mass is 469 g/mol. The van der Waals surface area contributed by atoms with Crippen molar-refractivity contribution in [2.75, 3.05) is 19.7 Å². The van der Waals surface area contributed by atoms with E-state index in [4.69, 9.17) is 4.74 Å². The standard InChI is InChI=1S/C25H31N3O4S/c1-17(2)26-23(30)21-16-32-25(28(21)24(31)19-8-6-18(3)7-9-19)10-12-27(13-11-25)22(29)15-20-5-4-14-33-20/h4-9,14,17,21H,10-13,15-16H2,1-3H3,(H,26,30)/t21-/m0/s1. The van der Waals surface area contributed by atoms with Crippen LogP contribution in [0.3, 0.4) is 0 Å². The molecular formula is C25H31N3O4S. The van der Waals surface area contributed by atoms with E-state index in [0.29, 0.717) is 37.9 Å². The summed E-state index contributed by atoms with van der Waals surface area (Å²) in [4.78, 5) is 43.9. The first-order valence-electron chi connectivity index (χ1n) is 11.4. The van der Waals surface area contributed by atoms with Gasteiger partial charge in [0.2, 0.25) is 11.8 Å². The predicted octanol–water partition coefficient (Wildman–Crippen LogP) is 2.98. The van der Waals surface area contributed by atoms with E-state index in [1.165, 1.54) is 0 Å². The second kappa shape index (κ2) is 9.65. The molecule has 1 N–H and O–H groups in total. The number of likely N-dealkylation sites (tertiary alicyclic amines) is 1. The molecule has 33 heavy (non-hydrogen) atoms. The number of benzene rings is 1. The molecule has 176 valence electrons. The first-order chi connectivity index (χ1) is 15.8. The summed E-state index contributed by atoms with van der Waals surface area (Å²) >= 11 is 1.58. The van der Waals surface area contributed by atoms with Gasteiger partial charge in [0.25, 0.3) is 5.91 Å². The molecule has 2 aliphatic rings. The molecule has 2 saturated heterocycles. The Hall–Kier alpha value is -2.71. The zero-order valence-electron chi connectivity index (χ0n) is 19.4. The second-order valence-electron chi connectivity index (χ2n) is 9.11. The van der Waals surface area contributed by atoms with Gasteiger partial charge in [0.05, 0.1) is 13.0 Å².